The van der Waals surface area contributed by atoms with Crippen LogP contribution < -0.4 is 0 Å². The molecule has 1 aromatic heterocycles. The summed E-state index contributed by atoms with van der Waals surface area (Å²) in [6, 6.07) is 3.48. The topological polar surface area (TPSA) is 73.4 Å². The van der Waals surface area contributed by atoms with Crippen molar-refractivity contribution < 1.29 is 0 Å². The average Bonchev–Trinajstić information content (AvgIpc) is 2.33. The Kier molecular flexibility index (Phi) is 1.39. The number of aromatic nitrogens is 2. The zero-order valence-corrected chi connectivity index (χ0v) is 5.01. The van der Waals surface area contributed by atoms with Gasteiger partial charge in [-0.2, -0.15) is 19.3 Å². The quantitative estimate of drug-likeness (QED) is 0.513. The fourth-order valence-corrected chi connectivity index (χ4v) is 0.794. The molecule has 0 aliphatic rings. The second-order valence-electron chi connectivity index (χ2n) is 1.19. The maximum absolute atomic E-state index is 8.24. The first-order chi connectivity index (χ1) is 4.38. The van der Waals surface area contributed by atoms with Crippen LogP contribution in [0.5, 0.6) is 0 Å². The molecule has 0 fully saturated rings. The molecule has 42 valence electrons. The van der Waals surface area contributed by atoms with E-state index in [0.29, 0.717) is 0 Å². The minimum Gasteiger partial charge on any atom is -0.191 e. The van der Waals surface area contributed by atoms with Gasteiger partial charge < -0.3 is 0 Å². The second-order valence-corrected chi connectivity index (χ2v) is 1.71. The molecular formula is C4N4S. The lowest BCUT2D eigenvalue weighted by Crippen LogP contribution is -1.77. The lowest BCUT2D eigenvalue weighted by molar-refractivity contribution is 1.34. The molecule has 0 bridgehead atoms. The molecule has 4 nitrogen and oxygen atoms in total. The molecule has 0 unspecified atom stereocenters. The summed E-state index contributed by atoms with van der Waals surface area (Å²) in [6.07, 6.45) is 0. The van der Waals surface area contributed by atoms with Gasteiger partial charge in [-0.15, -0.1) is 0 Å². The van der Waals surface area contributed by atoms with Gasteiger partial charge in [-0.1, -0.05) is 0 Å². The molecule has 0 N–H and O–H groups in total. The first kappa shape index (κ1) is 5.67. The van der Waals surface area contributed by atoms with E-state index in [4.69, 9.17) is 10.5 Å². The Bertz CT molecular complexity index is 260. The maximum atomic E-state index is 8.24. The Morgan fingerprint density at radius 3 is 1.89 bits per heavy atom. The number of hydrogen-bond acceptors (Lipinski definition) is 5. The monoisotopic (exact) mass is 136 g/mol. The van der Waals surface area contributed by atoms with Gasteiger partial charge in [0.1, 0.15) is 12.1 Å². The molecule has 1 rings (SSSR count). The van der Waals surface area contributed by atoms with E-state index in [1.807, 2.05) is 0 Å². The first-order valence-corrected chi connectivity index (χ1v) is 2.74. The molecule has 0 aliphatic heterocycles. The number of nitrogens with zero attached hydrogens (tertiary/aromatic N) is 4. The minimum atomic E-state index is 0.113. The summed E-state index contributed by atoms with van der Waals surface area (Å²) in [4.78, 5) is 0. The van der Waals surface area contributed by atoms with Crippen molar-refractivity contribution in [1.82, 2.24) is 8.75 Å². The van der Waals surface area contributed by atoms with Gasteiger partial charge in [0.05, 0.1) is 11.7 Å². The SMILES string of the molecule is N#Cc1nsnc1C#N. The van der Waals surface area contributed by atoms with E-state index in [1.165, 1.54) is 0 Å². The predicted octanol–water partition coefficient (Wildman–Crippen LogP) is 0.281. The van der Waals surface area contributed by atoms with Crippen molar-refractivity contribution in [2.75, 3.05) is 0 Å². The highest BCUT2D eigenvalue weighted by molar-refractivity contribution is 6.99. The average molecular weight is 136 g/mol. The van der Waals surface area contributed by atoms with Gasteiger partial charge in [0.15, 0.2) is 11.4 Å². The van der Waals surface area contributed by atoms with Crippen molar-refractivity contribution in [3.8, 4) is 12.1 Å². The van der Waals surface area contributed by atoms with Crippen molar-refractivity contribution in [2.45, 2.75) is 0 Å². The minimum absolute atomic E-state index is 0.113. The standard InChI is InChI=1S/C4N4S/c5-1-3-4(2-6)8-9-7-3. The molecular weight excluding hydrogens is 136 g/mol. The van der Waals surface area contributed by atoms with Crippen molar-refractivity contribution in [3.63, 3.8) is 0 Å². The van der Waals surface area contributed by atoms with Gasteiger partial charge in [0, 0.05) is 0 Å². The molecule has 0 spiro atoms. The summed E-state index contributed by atoms with van der Waals surface area (Å²) < 4.78 is 7.10. The van der Waals surface area contributed by atoms with Gasteiger partial charge in [-0.3, -0.25) is 0 Å². The maximum Gasteiger partial charge on any atom is 0.192 e. The molecule has 1 heterocycles. The van der Waals surface area contributed by atoms with E-state index in [1.54, 1.807) is 12.1 Å². The van der Waals surface area contributed by atoms with Crippen LogP contribution in [0.4, 0.5) is 0 Å². The third-order valence-corrected chi connectivity index (χ3v) is 1.23. The zero-order chi connectivity index (χ0) is 6.69. The summed E-state index contributed by atoms with van der Waals surface area (Å²) in [5.74, 6) is 0. The van der Waals surface area contributed by atoms with Crippen LogP contribution in [0.3, 0.4) is 0 Å². The summed E-state index contributed by atoms with van der Waals surface area (Å²) in [7, 11) is 0. The van der Waals surface area contributed by atoms with Crippen LogP contribution in [0.25, 0.3) is 0 Å². The normalized spacial score (nSPS) is 7.78. The highest BCUT2D eigenvalue weighted by Crippen LogP contribution is 2.00. The van der Waals surface area contributed by atoms with Gasteiger partial charge in [-0.25, -0.2) is 0 Å². The molecule has 0 atom stereocenters. The third kappa shape index (κ3) is 0.857. The molecule has 0 amide bonds. The van der Waals surface area contributed by atoms with Crippen molar-refractivity contribution >= 4 is 11.7 Å². The number of hydrogen-bond donors (Lipinski definition) is 0. The highest BCUT2D eigenvalue weighted by Gasteiger charge is 2.03. The van der Waals surface area contributed by atoms with E-state index < -0.39 is 0 Å². The third-order valence-electron chi connectivity index (χ3n) is 0.700. The lowest BCUT2D eigenvalue weighted by atomic mass is 10.4. The molecule has 0 saturated carbocycles. The Balaban J connectivity index is 3.22. The fourth-order valence-electron chi connectivity index (χ4n) is 0.335. The van der Waals surface area contributed by atoms with Crippen LogP contribution in [-0.2, 0) is 0 Å². The first-order valence-electron chi connectivity index (χ1n) is 2.01. The van der Waals surface area contributed by atoms with Crippen LogP contribution in [0, 0.1) is 22.7 Å². The molecule has 0 aromatic carbocycles. The molecule has 0 saturated heterocycles. The van der Waals surface area contributed by atoms with Gasteiger partial charge in [0.2, 0.25) is 0 Å². The Morgan fingerprint density at radius 2 is 1.56 bits per heavy atom. The van der Waals surface area contributed by atoms with Gasteiger partial charge in [-0.05, 0) is 0 Å². The van der Waals surface area contributed by atoms with E-state index in [-0.39, 0.29) is 11.4 Å². The fraction of sp³-hybridized carbons (Fsp3) is 0. The second kappa shape index (κ2) is 2.21. The molecule has 0 aliphatic carbocycles. The smallest absolute Gasteiger partial charge is 0.191 e. The summed E-state index contributed by atoms with van der Waals surface area (Å²) in [5, 5.41) is 16.5. The summed E-state index contributed by atoms with van der Waals surface area (Å²) >= 11 is 0.870. The molecule has 1 aromatic rings. The lowest BCUT2D eigenvalue weighted by Gasteiger charge is -1.69. The Hall–Kier alpha value is -1.46. The Labute approximate surface area is 55.3 Å². The van der Waals surface area contributed by atoms with Crippen molar-refractivity contribution in [1.29, 1.82) is 10.5 Å². The molecule has 9 heavy (non-hydrogen) atoms. The van der Waals surface area contributed by atoms with Crippen molar-refractivity contribution in [3.05, 3.63) is 11.4 Å². The highest BCUT2D eigenvalue weighted by atomic mass is 32.1. The predicted molar refractivity (Wildman–Crippen MR) is 29.3 cm³/mol. The number of rotatable bonds is 0. The van der Waals surface area contributed by atoms with Crippen LogP contribution in [0.15, 0.2) is 0 Å². The summed E-state index contributed by atoms with van der Waals surface area (Å²) in [5.41, 5.74) is 0.227. The summed E-state index contributed by atoms with van der Waals surface area (Å²) in [6.45, 7) is 0. The van der Waals surface area contributed by atoms with E-state index in [9.17, 15) is 0 Å². The van der Waals surface area contributed by atoms with E-state index in [0.717, 1.165) is 11.7 Å². The molecule has 5 heteroatoms. The van der Waals surface area contributed by atoms with E-state index in [2.05, 4.69) is 8.75 Å². The largest absolute Gasteiger partial charge is 0.192 e. The molecule has 0 radical (unpaired) electrons. The zero-order valence-electron chi connectivity index (χ0n) is 4.20. The van der Waals surface area contributed by atoms with Crippen LogP contribution in [0.2, 0.25) is 0 Å². The van der Waals surface area contributed by atoms with Crippen molar-refractivity contribution in [2.24, 2.45) is 0 Å². The Morgan fingerprint density at radius 1 is 1.11 bits per heavy atom. The van der Waals surface area contributed by atoms with Gasteiger partial charge in [0.25, 0.3) is 0 Å². The van der Waals surface area contributed by atoms with Crippen LogP contribution >= 0.6 is 11.7 Å². The van der Waals surface area contributed by atoms with Crippen LogP contribution in [-0.4, -0.2) is 8.75 Å². The van der Waals surface area contributed by atoms with E-state index >= 15 is 0 Å². The van der Waals surface area contributed by atoms with Gasteiger partial charge >= 0.3 is 0 Å². The van der Waals surface area contributed by atoms with Crippen LogP contribution in [0.1, 0.15) is 11.4 Å². The number of nitriles is 2.